The first kappa shape index (κ1) is 13.8. The number of hydrogen-bond acceptors (Lipinski definition) is 4. The van der Waals surface area contributed by atoms with Crippen LogP contribution in [0, 0.1) is 6.92 Å². The SMILES string of the molecule is Cc1cc(C(=O)Nc2ccc3ncsc3c2)nn1C(C)C. The second-order valence-electron chi connectivity index (χ2n) is 5.20. The molecule has 0 unspecified atom stereocenters. The average molecular weight is 300 g/mol. The van der Waals surface area contributed by atoms with E-state index < -0.39 is 0 Å². The van der Waals surface area contributed by atoms with E-state index in [1.165, 1.54) is 0 Å². The lowest BCUT2D eigenvalue weighted by atomic mass is 10.3. The highest BCUT2D eigenvalue weighted by molar-refractivity contribution is 7.16. The quantitative estimate of drug-likeness (QED) is 0.803. The summed E-state index contributed by atoms with van der Waals surface area (Å²) in [6, 6.07) is 7.73. The van der Waals surface area contributed by atoms with Crippen LogP contribution in [-0.2, 0) is 0 Å². The highest BCUT2D eigenvalue weighted by atomic mass is 32.1. The van der Waals surface area contributed by atoms with Crippen LogP contribution in [-0.4, -0.2) is 20.7 Å². The van der Waals surface area contributed by atoms with Crippen LogP contribution < -0.4 is 5.32 Å². The van der Waals surface area contributed by atoms with Crippen LogP contribution in [0.3, 0.4) is 0 Å². The van der Waals surface area contributed by atoms with Gasteiger partial charge in [-0.1, -0.05) is 0 Å². The monoisotopic (exact) mass is 300 g/mol. The number of nitrogens with zero attached hydrogens (tertiary/aromatic N) is 3. The van der Waals surface area contributed by atoms with E-state index >= 15 is 0 Å². The third-order valence-corrected chi connectivity index (χ3v) is 4.03. The summed E-state index contributed by atoms with van der Waals surface area (Å²) in [5, 5.41) is 7.24. The highest BCUT2D eigenvalue weighted by Gasteiger charge is 2.14. The highest BCUT2D eigenvalue weighted by Crippen LogP contribution is 2.22. The molecule has 1 aromatic carbocycles. The van der Waals surface area contributed by atoms with Gasteiger partial charge in [-0.2, -0.15) is 5.10 Å². The van der Waals surface area contributed by atoms with Crippen LogP contribution in [0.1, 0.15) is 36.1 Å². The van der Waals surface area contributed by atoms with Crippen molar-refractivity contribution in [2.45, 2.75) is 26.8 Å². The van der Waals surface area contributed by atoms with E-state index in [1.807, 2.05) is 43.7 Å². The van der Waals surface area contributed by atoms with E-state index in [2.05, 4.69) is 15.4 Å². The molecule has 0 saturated heterocycles. The molecule has 6 heteroatoms. The maximum absolute atomic E-state index is 12.3. The molecule has 2 aromatic heterocycles. The number of rotatable bonds is 3. The van der Waals surface area contributed by atoms with Gasteiger partial charge >= 0.3 is 0 Å². The van der Waals surface area contributed by atoms with Crippen molar-refractivity contribution >= 4 is 33.1 Å². The van der Waals surface area contributed by atoms with Gasteiger partial charge in [0.25, 0.3) is 5.91 Å². The zero-order valence-electron chi connectivity index (χ0n) is 12.1. The van der Waals surface area contributed by atoms with E-state index in [1.54, 1.807) is 22.9 Å². The Balaban J connectivity index is 1.83. The number of nitrogens with one attached hydrogen (secondary N) is 1. The molecule has 108 valence electrons. The summed E-state index contributed by atoms with van der Waals surface area (Å²) in [7, 11) is 0. The molecule has 0 aliphatic carbocycles. The number of fused-ring (bicyclic) bond motifs is 1. The van der Waals surface area contributed by atoms with Crippen molar-refractivity contribution in [3.8, 4) is 0 Å². The van der Waals surface area contributed by atoms with Crippen molar-refractivity contribution < 1.29 is 4.79 Å². The lowest BCUT2D eigenvalue weighted by Crippen LogP contribution is -2.13. The first-order valence-corrected chi connectivity index (χ1v) is 7.63. The van der Waals surface area contributed by atoms with Gasteiger partial charge < -0.3 is 5.32 Å². The van der Waals surface area contributed by atoms with Crippen LogP contribution in [0.25, 0.3) is 10.2 Å². The molecule has 3 aromatic rings. The van der Waals surface area contributed by atoms with E-state index in [0.29, 0.717) is 5.69 Å². The normalized spacial score (nSPS) is 11.2. The molecular weight excluding hydrogens is 284 g/mol. The molecule has 0 bridgehead atoms. The summed E-state index contributed by atoms with van der Waals surface area (Å²) in [5.41, 5.74) is 4.91. The Morgan fingerprint density at radius 2 is 2.14 bits per heavy atom. The van der Waals surface area contributed by atoms with Crippen molar-refractivity contribution in [3.63, 3.8) is 0 Å². The molecule has 0 spiro atoms. The number of amides is 1. The smallest absolute Gasteiger partial charge is 0.276 e. The Kier molecular flexibility index (Phi) is 3.47. The largest absolute Gasteiger partial charge is 0.321 e. The third-order valence-electron chi connectivity index (χ3n) is 3.23. The van der Waals surface area contributed by atoms with Crippen LogP contribution in [0.5, 0.6) is 0 Å². The fourth-order valence-electron chi connectivity index (χ4n) is 2.25. The summed E-state index contributed by atoms with van der Waals surface area (Å²) in [5.74, 6) is -0.193. The second kappa shape index (κ2) is 5.29. The minimum Gasteiger partial charge on any atom is -0.321 e. The maximum Gasteiger partial charge on any atom is 0.276 e. The van der Waals surface area contributed by atoms with Gasteiger partial charge in [0.1, 0.15) is 0 Å². The Labute approximate surface area is 126 Å². The van der Waals surface area contributed by atoms with Gasteiger partial charge in [-0.3, -0.25) is 9.48 Å². The molecule has 0 fully saturated rings. The van der Waals surface area contributed by atoms with Crippen molar-refractivity contribution in [2.75, 3.05) is 5.32 Å². The standard InChI is InChI=1S/C15H16N4OS/c1-9(2)19-10(3)6-13(18-19)15(20)17-11-4-5-12-14(7-11)21-8-16-12/h4-9H,1-3H3,(H,17,20). The molecule has 0 aliphatic rings. The Morgan fingerprint density at radius 1 is 1.33 bits per heavy atom. The van der Waals surface area contributed by atoms with Crippen molar-refractivity contribution in [1.29, 1.82) is 0 Å². The minimum atomic E-state index is -0.193. The molecule has 0 aliphatic heterocycles. The summed E-state index contributed by atoms with van der Waals surface area (Å²) in [4.78, 5) is 16.5. The number of thiazole rings is 1. The zero-order valence-corrected chi connectivity index (χ0v) is 12.9. The van der Waals surface area contributed by atoms with Crippen LogP contribution in [0.4, 0.5) is 5.69 Å². The molecule has 0 atom stereocenters. The molecule has 0 radical (unpaired) electrons. The van der Waals surface area contributed by atoms with Gasteiger partial charge in [0.15, 0.2) is 5.69 Å². The maximum atomic E-state index is 12.3. The predicted octanol–water partition coefficient (Wildman–Crippen LogP) is 3.63. The summed E-state index contributed by atoms with van der Waals surface area (Å²) < 4.78 is 2.90. The number of anilines is 1. The summed E-state index contributed by atoms with van der Waals surface area (Å²) in [6.07, 6.45) is 0. The van der Waals surface area contributed by atoms with E-state index in [-0.39, 0.29) is 11.9 Å². The average Bonchev–Trinajstić information content (AvgIpc) is 3.04. The molecular formula is C15H16N4OS. The molecule has 3 rings (SSSR count). The number of hydrogen-bond donors (Lipinski definition) is 1. The third kappa shape index (κ3) is 2.67. The van der Waals surface area contributed by atoms with Gasteiger partial charge in [0.2, 0.25) is 0 Å². The van der Waals surface area contributed by atoms with Crippen LogP contribution in [0.2, 0.25) is 0 Å². The first-order valence-electron chi connectivity index (χ1n) is 6.75. The Bertz CT molecular complexity index is 803. The number of benzene rings is 1. The van der Waals surface area contributed by atoms with Gasteiger partial charge in [0.05, 0.1) is 15.7 Å². The van der Waals surface area contributed by atoms with E-state index in [9.17, 15) is 4.79 Å². The predicted molar refractivity (Wildman–Crippen MR) is 84.9 cm³/mol. The van der Waals surface area contributed by atoms with Gasteiger partial charge in [-0.15, -0.1) is 11.3 Å². The lowest BCUT2D eigenvalue weighted by Gasteiger charge is -2.07. The lowest BCUT2D eigenvalue weighted by molar-refractivity contribution is 0.102. The number of aromatic nitrogens is 3. The molecule has 1 amide bonds. The molecule has 2 heterocycles. The number of aryl methyl sites for hydroxylation is 1. The fourth-order valence-corrected chi connectivity index (χ4v) is 2.97. The van der Waals surface area contributed by atoms with Crippen LogP contribution in [0.15, 0.2) is 29.8 Å². The van der Waals surface area contributed by atoms with Gasteiger partial charge in [0, 0.05) is 17.4 Å². The fraction of sp³-hybridized carbons (Fsp3) is 0.267. The second-order valence-corrected chi connectivity index (χ2v) is 6.08. The van der Waals surface area contributed by atoms with Crippen molar-refractivity contribution in [2.24, 2.45) is 0 Å². The number of carbonyl (C=O) groups is 1. The van der Waals surface area contributed by atoms with E-state index in [4.69, 9.17) is 0 Å². The van der Waals surface area contributed by atoms with Crippen molar-refractivity contribution in [1.82, 2.24) is 14.8 Å². The molecule has 0 saturated carbocycles. The summed E-state index contributed by atoms with van der Waals surface area (Å²) in [6.45, 7) is 6.03. The Morgan fingerprint density at radius 3 is 2.86 bits per heavy atom. The minimum absolute atomic E-state index is 0.193. The zero-order chi connectivity index (χ0) is 15.0. The summed E-state index contributed by atoms with van der Waals surface area (Å²) >= 11 is 1.55. The van der Waals surface area contributed by atoms with E-state index in [0.717, 1.165) is 21.6 Å². The number of carbonyl (C=O) groups excluding carboxylic acids is 1. The molecule has 1 N–H and O–H groups in total. The Hall–Kier alpha value is -2.21. The van der Waals surface area contributed by atoms with Crippen LogP contribution >= 0.6 is 11.3 Å². The molecule has 5 nitrogen and oxygen atoms in total. The first-order chi connectivity index (χ1) is 10.0. The topological polar surface area (TPSA) is 59.8 Å². The van der Waals surface area contributed by atoms with Gasteiger partial charge in [-0.05, 0) is 45.0 Å². The molecule has 21 heavy (non-hydrogen) atoms. The van der Waals surface area contributed by atoms with Crippen molar-refractivity contribution in [3.05, 3.63) is 41.2 Å². The van der Waals surface area contributed by atoms with Gasteiger partial charge in [-0.25, -0.2) is 4.98 Å².